The van der Waals surface area contributed by atoms with Crippen LogP contribution in [-0.4, -0.2) is 29.9 Å². The molecule has 2 rings (SSSR count). The highest BCUT2D eigenvalue weighted by Gasteiger charge is 2.34. The van der Waals surface area contributed by atoms with Gasteiger partial charge in [0.15, 0.2) is 0 Å². The van der Waals surface area contributed by atoms with E-state index in [1.165, 1.54) is 24.0 Å². The molecule has 7 heteroatoms. The average Bonchev–Trinajstić information content (AvgIpc) is 2.53. The van der Waals surface area contributed by atoms with E-state index in [2.05, 4.69) is 4.98 Å². The second-order valence-corrected chi connectivity index (χ2v) is 5.62. The number of carbonyl (C=O) groups excluding carboxylic acids is 1. The Labute approximate surface area is 136 Å². The van der Waals surface area contributed by atoms with Crippen molar-refractivity contribution in [2.75, 3.05) is 17.7 Å². The van der Waals surface area contributed by atoms with E-state index in [0.29, 0.717) is 10.5 Å². The summed E-state index contributed by atoms with van der Waals surface area (Å²) < 4.78 is 38.4. The number of aromatic nitrogens is 1. The topological polar surface area (TPSA) is 33.2 Å². The molecule has 0 fully saturated rings. The molecule has 23 heavy (non-hydrogen) atoms. The molecule has 0 N–H and O–H groups in total. The van der Waals surface area contributed by atoms with Gasteiger partial charge in [-0.1, -0.05) is 24.3 Å². The Kier molecular flexibility index (Phi) is 5.65. The summed E-state index contributed by atoms with van der Waals surface area (Å²) in [4.78, 5) is 17.9. The predicted molar refractivity (Wildman–Crippen MR) is 84.6 cm³/mol. The van der Waals surface area contributed by atoms with Gasteiger partial charge in [-0.2, -0.15) is 13.2 Å². The van der Waals surface area contributed by atoms with Gasteiger partial charge >= 0.3 is 6.18 Å². The monoisotopic (exact) mass is 340 g/mol. The molecule has 1 aromatic heterocycles. The van der Waals surface area contributed by atoms with Gasteiger partial charge in [0.2, 0.25) is 5.91 Å². The van der Waals surface area contributed by atoms with Gasteiger partial charge in [-0.3, -0.25) is 9.69 Å². The van der Waals surface area contributed by atoms with Crippen LogP contribution in [0, 0.1) is 0 Å². The number of benzene rings is 1. The van der Waals surface area contributed by atoms with Gasteiger partial charge in [0.05, 0.1) is 6.42 Å². The van der Waals surface area contributed by atoms with E-state index in [9.17, 15) is 18.0 Å². The minimum atomic E-state index is -4.49. The van der Waals surface area contributed by atoms with Crippen molar-refractivity contribution in [1.29, 1.82) is 0 Å². The smallest absolute Gasteiger partial charge is 0.287 e. The lowest BCUT2D eigenvalue weighted by Crippen LogP contribution is -2.40. The molecule has 3 nitrogen and oxygen atoms in total. The molecule has 1 aromatic carbocycles. The second-order valence-electron chi connectivity index (χ2n) is 4.77. The zero-order chi connectivity index (χ0) is 16.9. The van der Waals surface area contributed by atoms with E-state index < -0.39 is 18.6 Å². The highest BCUT2D eigenvalue weighted by atomic mass is 32.2. The summed E-state index contributed by atoms with van der Waals surface area (Å²) in [5.74, 6) is -0.640. The van der Waals surface area contributed by atoms with Crippen molar-refractivity contribution in [3.63, 3.8) is 0 Å². The maximum absolute atomic E-state index is 12.8. The van der Waals surface area contributed by atoms with Crippen LogP contribution in [-0.2, 0) is 11.2 Å². The van der Waals surface area contributed by atoms with Crippen LogP contribution in [0.4, 0.5) is 19.0 Å². The van der Waals surface area contributed by atoms with Gasteiger partial charge in [-0.05, 0) is 30.0 Å². The van der Waals surface area contributed by atoms with Gasteiger partial charge in [-0.25, -0.2) is 4.98 Å². The van der Waals surface area contributed by atoms with Crippen LogP contribution in [0.5, 0.6) is 0 Å². The van der Waals surface area contributed by atoms with Crippen LogP contribution in [0.2, 0.25) is 0 Å². The number of carbonyl (C=O) groups is 1. The number of rotatable bonds is 5. The third kappa shape index (κ3) is 4.99. The largest absolute Gasteiger partial charge is 0.406 e. The van der Waals surface area contributed by atoms with Crippen LogP contribution >= 0.6 is 11.8 Å². The summed E-state index contributed by atoms with van der Waals surface area (Å²) in [5, 5.41) is 0. The van der Waals surface area contributed by atoms with Gasteiger partial charge in [0.1, 0.15) is 12.4 Å². The fraction of sp³-hybridized carbons (Fsp3) is 0.250. The maximum Gasteiger partial charge on any atom is 0.406 e. The van der Waals surface area contributed by atoms with E-state index in [1.54, 1.807) is 24.3 Å². The average molecular weight is 340 g/mol. The van der Waals surface area contributed by atoms with Crippen molar-refractivity contribution in [2.24, 2.45) is 0 Å². The lowest BCUT2D eigenvalue weighted by molar-refractivity contribution is -0.132. The summed E-state index contributed by atoms with van der Waals surface area (Å²) in [6.07, 6.45) is -1.38. The molecule has 0 bridgehead atoms. The third-order valence-corrected chi connectivity index (χ3v) is 3.94. The fourth-order valence-electron chi connectivity index (χ4n) is 2.10. The van der Waals surface area contributed by atoms with Crippen molar-refractivity contribution in [3.05, 3.63) is 54.2 Å². The summed E-state index contributed by atoms with van der Waals surface area (Å²) in [6, 6.07) is 11.7. The summed E-state index contributed by atoms with van der Waals surface area (Å²) >= 11 is 1.45. The first-order valence-corrected chi connectivity index (χ1v) is 8.03. The number of hydrogen-bond donors (Lipinski definition) is 0. The van der Waals surface area contributed by atoms with Crippen LogP contribution in [0.3, 0.4) is 0 Å². The molecule has 0 aliphatic heterocycles. The Balaban J connectivity index is 2.26. The highest BCUT2D eigenvalue weighted by molar-refractivity contribution is 7.98. The highest BCUT2D eigenvalue weighted by Crippen LogP contribution is 2.24. The molecule has 0 spiro atoms. The van der Waals surface area contributed by atoms with Crippen LogP contribution < -0.4 is 4.90 Å². The number of nitrogens with zero attached hydrogens (tertiary/aromatic N) is 2. The summed E-state index contributed by atoms with van der Waals surface area (Å²) in [5.41, 5.74) is 0.702. The number of thioether (sulfide) groups is 1. The number of hydrogen-bond acceptors (Lipinski definition) is 3. The van der Waals surface area contributed by atoms with E-state index in [0.717, 1.165) is 4.90 Å². The zero-order valence-electron chi connectivity index (χ0n) is 12.4. The Morgan fingerprint density at radius 1 is 1.17 bits per heavy atom. The molecule has 0 radical (unpaired) electrons. The van der Waals surface area contributed by atoms with Gasteiger partial charge in [-0.15, -0.1) is 11.8 Å². The molecule has 2 aromatic rings. The Morgan fingerprint density at radius 3 is 2.48 bits per heavy atom. The number of alkyl halides is 3. The van der Waals surface area contributed by atoms with Crippen molar-refractivity contribution >= 4 is 23.5 Å². The minimum absolute atomic E-state index is 0.00328. The van der Waals surface area contributed by atoms with Crippen molar-refractivity contribution < 1.29 is 18.0 Å². The molecule has 0 aliphatic carbocycles. The first-order valence-electron chi connectivity index (χ1n) is 6.81. The van der Waals surface area contributed by atoms with Crippen molar-refractivity contribution in [2.45, 2.75) is 17.5 Å². The summed E-state index contributed by atoms with van der Waals surface area (Å²) in [7, 11) is 0. The summed E-state index contributed by atoms with van der Waals surface area (Å²) in [6.45, 7) is -1.36. The van der Waals surface area contributed by atoms with Gasteiger partial charge in [0, 0.05) is 11.1 Å². The Hall–Kier alpha value is -2.02. The van der Waals surface area contributed by atoms with Gasteiger partial charge < -0.3 is 0 Å². The number of amides is 1. The lowest BCUT2D eigenvalue weighted by atomic mass is 10.1. The van der Waals surface area contributed by atoms with Crippen molar-refractivity contribution in [3.8, 4) is 0 Å². The maximum atomic E-state index is 12.8. The van der Waals surface area contributed by atoms with Crippen LogP contribution in [0.1, 0.15) is 5.56 Å². The number of halogens is 3. The molecule has 0 aliphatic rings. The molecular weight excluding hydrogens is 325 g/mol. The van der Waals surface area contributed by atoms with E-state index in [1.807, 2.05) is 18.4 Å². The second kappa shape index (κ2) is 7.50. The molecule has 0 saturated carbocycles. The fourth-order valence-corrected chi connectivity index (χ4v) is 2.71. The molecule has 1 amide bonds. The van der Waals surface area contributed by atoms with Crippen LogP contribution in [0.25, 0.3) is 0 Å². The molecule has 0 unspecified atom stereocenters. The molecule has 0 saturated heterocycles. The number of anilines is 1. The predicted octanol–water partition coefficient (Wildman–Crippen LogP) is 3.94. The third-order valence-electron chi connectivity index (χ3n) is 3.10. The van der Waals surface area contributed by atoms with Gasteiger partial charge in [0.25, 0.3) is 0 Å². The van der Waals surface area contributed by atoms with Crippen molar-refractivity contribution in [1.82, 2.24) is 4.98 Å². The SMILES string of the molecule is CSc1ccccc1CC(=O)N(CC(F)(F)F)c1ccccn1. The molecule has 0 atom stereocenters. The van der Waals surface area contributed by atoms with E-state index >= 15 is 0 Å². The molecule has 1 heterocycles. The molecule has 122 valence electrons. The molecular formula is C16H15F3N2OS. The lowest BCUT2D eigenvalue weighted by Gasteiger charge is -2.23. The zero-order valence-corrected chi connectivity index (χ0v) is 13.2. The Bertz CT molecular complexity index is 662. The first kappa shape index (κ1) is 17.3. The Morgan fingerprint density at radius 2 is 1.87 bits per heavy atom. The quantitative estimate of drug-likeness (QED) is 0.773. The standard InChI is InChI=1S/C16H15F3N2OS/c1-23-13-7-3-2-6-12(13)10-15(22)21(11-16(17,18)19)14-8-4-5-9-20-14/h2-9H,10-11H2,1H3. The number of pyridine rings is 1. The van der Waals surface area contributed by atoms with Crippen LogP contribution in [0.15, 0.2) is 53.6 Å². The normalized spacial score (nSPS) is 11.3. The first-order chi connectivity index (χ1) is 10.9. The van der Waals surface area contributed by atoms with E-state index in [4.69, 9.17) is 0 Å². The minimum Gasteiger partial charge on any atom is -0.287 e. The van der Waals surface area contributed by atoms with E-state index in [-0.39, 0.29) is 12.2 Å².